The highest BCUT2D eigenvalue weighted by molar-refractivity contribution is 7.90. The van der Waals surface area contributed by atoms with Crippen LogP contribution in [0.4, 0.5) is 5.69 Å². The van der Waals surface area contributed by atoms with Crippen molar-refractivity contribution < 1.29 is 8.42 Å². The van der Waals surface area contributed by atoms with Crippen LogP contribution < -0.4 is 5.73 Å². The first-order valence-corrected chi connectivity index (χ1v) is 8.14. The molecule has 1 heterocycles. The number of hydrogen-bond donors (Lipinski definition) is 1. The number of nitrogen functional groups attached to an aromatic ring is 1. The molecule has 108 valence electrons. The van der Waals surface area contributed by atoms with Crippen LogP contribution in [0.15, 0.2) is 35.4 Å². The molecule has 0 spiro atoms. The predicted molar refractivity (Wildman–Crippen MR) is 80.2 cm³/mol. The first-order chi connectivity index (χ1) is 9.09. The Morgan fingerprint density at radius 1 is 1.15 bits per heavy atom. The van der Waals surface area contributed by atoms with Crippen LogP contribution >= 0.6 is 0 Å². The van der Waals surface area contributed by atoms with E-state index in [4.69, 9.17) is 5.73 Å². The molecular formula is C14H19N3O2S. The topological polar surface area (TPSA) is 78.0 Å². The maximum Gasteiger partial charge on any atom is 0.175 e. The highest BCUT2D eigenvalue weighted by atomic mass is 32.2. The lowest BCUT2D eigenvalue weighted by molar-refractivity contribution is 0.356. The average molecular weight is 293 g/mol. The van der Waals surface area contributed by atoms with Crippen LogP contribution in [0.1, 0.15) is 20.8 Å². The molecule has 6 heteroatoms. The zero-order chi connectivity index (χ0) is 15.1. The fourth-order valence-electron chi connectivity index (χ4n) is 1.82. The van der Waals surface area contributed by atoms with Crippen LogP contribution in [0.25, 0.3) is 11.3 Å². The van der Waals surface area contributed by atoms with E-state index in [9.17, 15) is 8.42 Å². The van der Waals surface area contributed by atoms with Gasteiger partial charge in [-0.2, -0.15) is 5.10 Å². The number of rotatable bonds is 2. The zero-order valence-electron chi connectivity index (χ0n) is 12.1. The Kier molecular flexibility index (Phi) is 3.37. The Bertz CT molecular complexity index is 723. The summed E-state index contributed by atoms with van der Waals surface area (Å²) >= 11 is 0. The molecule has 0 saturated heterocycles. The van der Waals surface area contributed by atoms with Gasteiger partial charge in [-0.1, -0.05) is 12.1 Å². The summed E-state index contributed by atoms with van der Waals surface area (Å²) in [7, 11) is -3.19. The second-order valence-corrected chi connectivity index (χ2v) is 7.86. The van der Waals surface area contributed by atoms with Gasteiger partial charge in [-0.25, -0.2) is 8.42 Å². The van der Waals surface area contributed by atoms with Crippen molar-refractivity contribution in [3.8, 4) is 11.3 Å². The highest BCUT2D eigenvalue weighted by Crippen LogP contribution is 2.27. The molecule has 0 aliphatic rings. The Morgan fingerprint density at radius 3 is 2.10 bits per heavy atom. The van der Waals surface area contributed by atoms with Crippen molar-refractivity contribution in [2.24, 2.45) is 0 Å². The molecule has 0 radical (unpaired) electrons. The van der Waals surface area contributed by atoms with Crippen LogP contribution in [-0.4, -0.2) is 24.5 Å². The van der Waals surface area contributed by atoms with Gasteiger partial charge in [-0.15, -0.1) is 0 Å². The van der Waals surface area contributed by atoms with Gasteiger partial charge in [0.2, 0.25) is 0 Å². The van der Waals surface area contributed by atoms with Gasteiger partial charge in [-0.05, 0) is 32.9 Å². The summed E-state index contributed by atoms with van der Waals surface area (Å²) in [5.74, 6) is 0. The summed E-state index contributed by atoms with van der Waals surface area (Å²) < 4.78 is 24.7. The van der Waals surface area contributed by atoms with E-state index in [1.807, 2.05) is 25.5 Å². The number of sulfone groups is 1. The number of aromatic nitrogens is 2. The monoisotopic (exact) mass is 293 g/mol. The molecule has 0 aliphatic carbocycles. The van der Waals surface area contributed by atoms with Crippen molar-refractivity contribution in [2.75, 3.05) is 12.0 Å². The Labute approximate surface area is 119 Å². The number of nitrogens with zero attached hydrogens (tertiary/aromatic N) is 2. The lowest BCUT2D eigenvalue weighted by Crippen LogP contribution is -2.22. The Hall–Kier alpha value is -1.82. The molecular weight excluding hydrogens is 274 g/mol. The van der Waals surface area contributed by atoms with Gasteiger partial charge in [0.1, 0.15) is 5.69 Å². The van der Waals surface area contributed by atoms with Crippen molar-refractivity contribution in [1.29, 1.82) is 0 Å². The molecule has 1 aromatic carbocycles. The summed E-state index contributed by atoms with van der Waals surface area (Å²) in [5.41, 5.74) is 7.88. The normalized spacial score (nSPS) is 12.6. The smallest absolute Gasteiger partial charge is 0.175 e. The summed E-state index contributed by atoms with van der Waals surface area (Å²) in [4.78, 5) is 0.287. The minimum absolute atomic E-state index is 0.154. The molecule has 0 amide bonds. The molecule has 0 aliphatic heterocycles. The largest absolute Gasteiger partial charge is 0.396 e. The lowest BCUT2D eigenvalue weighted by Gasteiger charge is -2.18. The van der Waals surface area contributed by atoms with Gasteiger partial charge in [0, 0.05) is 18.0 Å². The third-order valence-corrected chi connectivity index (χ3v) is 4.11. The van der Waals surface area contributed by atoms with Crippen molar-refractivity contribution in [3.05, 3.63) is 30.5 Å². The molecule has 2 rings (SSSR count). The maximum absolute atomic E-state index is 11.4. The van der Waals surface area contributed by atoms with Gasteiger partial charge in [0.25, 0.3) is 0 Å². The van der Waals surface area contributed by atoms with E-state index in [-0.39, 0.29) is 10.4 Å². The van der Waals surface area contributed by atoms with Crippen molar-refractivity contribution in [3.63, 3.8) is 0 Å². The minimum atomic E-state index is -3.19. The maximum atomic E-state index is 11.4. The molecule has 0 bridgehead atoms. The van der Waals surface area contributed by atoms with E-state index in [0.29, 0.717) is 11.4 Å². The fourth-order valence-corrected chi connectivity index (χ4v) is 2.45. The predicted octanol–water partition coefficient (Wildman–Crippen LogP) is 2.29. The second-order valence-electron chi connectivity index (χ2n) is 5.84. The first kappa shape index (κ1) is 14.6. The summed E-state index contributed by atoms with van der Waals surface area (Å²) in [6.45, 7) is 6.11. The van der Waals surface area contributed by atoms with Gasteiger partial charge in [-0.3, -0.25) is 4.68 Å². The van der Waals surface area contributed by atoms with E-state index in [2.05, 4.69) is 5.10 Å². The minimum Gasteiger partial charge on any atom is -0.396 e. The van der Waals surface area contributed by atoms with E-state index < -0.39 is 9.84 Å². The molecule has 1 aromatic heterocycles. The quantitative estimate of drug-likeness (QED) is 0.921. The molecule has 2 N–H and O–H groups in total. The fraction of sp³-hybridized carbons (Fsp3) is 0.357. The summed E-state index contributed by atoms with van der Waals surface area (Å²) in [6, 6.07) is 6.59. The Morgan fingerprint density at radius 2 is 1.70 bits per heavy atom. The Balaban J connectivity index is 2.45. The van der Waals surface area contributed by atoms with Crippen molar-refractivity contribution >= 4 is 15.5 Å². The molecule has 2 aromatic rings. The standard InChI is InChI=1S/C14H19N3O2S/c1-14(2,3)17-9-12(15)13(16-17)10-5-7-11(8-6-10)20(4,18)19/h5-9H,15H2,1-4H3. The van der Waals surface area contributed by atoms with Gasteiger partial charge < -0.3 is 5.73 Å². The molecule has 0 atom stereocenters. The summed E-state index contributed by atoms with van der Waals surface area (Å²) in [5, 5.41) is 4.49. The zero-order valence-corrected chi connectivity index (χ0v) is 12.9. The van der Waals surface area contributed by atoms with E-state index >= 15 is 0 Å². The number of nitrogens with two attached hydrogens (primary N) is 1. The first-order valence-electron chi connectivity index (χ1n) is 6.25. The summed E-state index contributed by atoms with van der Waals surface area (Å²) in [6.07, 6.45) is 2.98. The number of hydrogen-bond acceptors (Lipinski definition) is 4. The number of anilines is 1. The lowest BCUT2D eigenvalue weighted by atomic mass is 10.1. The van der Waals surface area contributed by atoms with Crippen LogP contribution in [0.3, 0.4) is 0 Å². The molecule has 0 saturated carbocycles. The van der Waals surface area contributed by atoms with Crippen LogP contribution in [0.5, 0.6) is 0 Å². The van der Waals surface area contributed by atoms with Crippen LogP contribution in [-0.2, 0) is 15.4 Å². The SMILES string of the molecule is CC(C)(C)n1cc(N)c(-c2ccc(S(C)(=O)=O)cc2)n1. The third-order valence-electron chi connectivity index (χ3n) is 2.99. The van der Waals surface area contributed by atoms with Gasteiger partial charge >= 0.3 is 0 Å². The van der Waals surface area contributed by atoms with E-state index in [0.717, 1.165) is 5.56 Å². The molecule has 0 unspecified atom stereocenters. The van der Waals surface area contributed by atoms with Crippen molar-refractivity contribution in [1.82, 2.24) is 9.78 Å². The van der Waals surface area contributed by atoms with Gasteiger partial charge in [0.15, 0.2) is 9.84 Å². The molecule has 0 fully saturated rings. The van der Waals surface area contributed by atoms with Crippen LogP contribution in [0, 0.1) is 0 Å². The third kappa shape index (κ3) is 2.85. The van der Waals surface area contributed by atoms with E-state index in [1.54, 1.807) is 30.5 Å². The molecule has 20 heavy (non-hydrogen) atoms. The highest BCUT2D eigenvalue weighted by Gasteiger charge is 2.18. The molecule has 5 nitrogen and oxygen atoms in total. The van der Waals surface area contributed by atoms with E-state index in [1.165, 1.54) is 6.26 Å². The number of benzene rings is 1. The van der Waals surface area contributed by atoms with Gasteiger partial charge in [0.05, 0.1) is 16.1 Å². The van der Waals surface area contributed by atoms with Crippen LogP contribution in [0.2, 0.25) is 0 Å². The second kappa shape index (κ2) is 4.63. The van der Waals surface area contributed by atoms with Crippen molar-refractivity contribution in [2.45, 2.75) is 31.2 Å². The average Bonchev–Trinajstić information content (AvgIpc) is 2.70.